The number of carbonyl (C=O) groups is 1. The molecule has 0 saturated heterocycles. The first kappa shape index (κ1) is 23.0. The third-order valence-corrected chi connectivity index (χ3v) is 5.93. The van der Waals surface area contributed by atoms with Crippen LogP contribution in [-0.2, 0) is 6.54 Å². The monoisotopic (exact) mass is 480 g/mol. The molecular weight excluding hydrogens is 462 g/mol. The van der Waals surface area contributed by atoms with Gasteiger partial charge in [0.05, 0.1) is 34.2 Å². The minimum Gasteiger partial charge on any atom is -0.497 e. The van der Waals surface area contributed by atoms with Gasteiger partial charge in [-0.2, -0.15) is 0 Å². The van der Waals surface area contributed by atoms with Crippen LogP contribution in [-0.4, -0.2) is 34.1 Å². The smallest absolute Gasteiger partial charge is 0.261 e. The summed E-state index contributed by atoms with van der Waals surface area (Å²) in [6, 6.07) is 9.34. The molecule has 4 rings (SSSR count). The van der Waals surface area contributed by atoms with Crippen molar-refractivity contribution in [1.29, 1.82) is 0 Å². The highest BCUT2D eigenvalue weighted by atomic mass is 35.5. The summed E-state index contributed by atoms with van der Waals surface area (Å²) in [7, 11) is 1.60. The van der Waals surface area contributed by atoms with Crippen molar-refractivity contribution in [3.05, 3.63) is 71.5 Å². The van der Waals surface area contributed by atoms with E-state index in [0.717, 1.165) is 22.0 Å². The van der Waals surface area contributed by atoms with Gasteiger partial charge in [0, 0.05) is 25.5 Å². The number of aryl methyl sites for hydroxylation is 1. The Morgan fingerprint density at radius 3 is 2.84 bits per heavy atom. The molecule has 4 aromatic rings. The second kappa shape index (κ2) is 10.1. The Hall–Kier alpha value is -2.68. The molecule has 0 atom stereocenters. The third-order valence-electron chi connectivity index (χ3n) is 4.58. The van der Waals surface area contributed by atoms with E-state index in [0.29, 0.717) is 24.6 Å². The number of hydrogen-bond acceptors (Lipinski definition) is 5. The van der Waals surface area contributed by atoms with Gasteiger partial charge in [0.1, 0.15) is 11.6 Å². The van der Waals surface area contributed by atoms with Crippen LogP contribution in [0.25, 0.3) is 10.2 Å². The molecule has 0 unspecified atom stereocenters. The van der Waals surface area contributed by atoms with Gasteiger partial charge in [-0.15, -0.1) is 12.4 Å². The first-order chi connectivity index (χ1) is 14.5. The van der Waals surface area contributed by atoms with Crippen LogP contribution in [0.2, 0.25) is 5.02 Å². The highest BCUT2D eigenvalue weighted by molar-refractivity contribution is 7.22. The maximum Gasteiger partial charge on any atom is 0.261 e. The summed E-state index contributed by atoms with van der Waals surface area (Å²) >= 11 is 7.55. The fourth-order valence-electron chi connectivity index (χ4n) is 3.06. The van der Waals surface area contributed by atoms with E-state index in [4.69, 9.17) is 16.3 Å². The number of hydrogen-bond donors (Lipinski definition) is 0. The molecular formula is C21H19Cl2FN4O2S. The van der Waals surface area contributed by atoms with Crippen molar-refractivity contribution in [3.63, 3.8) is 0 Å². The zero-order valence-corrected chi connectivity index (χ0v) is 18.9. The number of methoxy groups -OCH3 is 1. The number of rotatable bonds is 7. The Balaban J connectivity index is 0.00000272. The number of anilines is 1. The van der Waals surface area contributed by atoms with Crippen LogP contribution in [0.4, 0.5) is 9.52 Å². The van der Waals surface area contributed by atoms with Crippen molar-refractivity contribution < 1.29 is 13.9 Å². The number of fused-ring (bicyclic) bond motifs is 1. The van der Waals surface area contributed by atoms with Crippen molar-refractivity contribution in [2.75, 3.05) is 18.6 Å². The SMILES string of the molecule is COc1ccc2nc(N(CCCn3ccnc3)C(=O)c3ccc(F)cc3Cl)sc2c1.Cl. The second-order valence-corrected chi connectivity index (χ2v) is 7.98. The molecule has 0 aliphatic rings. The van der Waals surface area contributed by atoms with Gasteiger partial charge in [0.15, 0.2) is 5.13 Å². The number of aromatic nitrogens is 3. The lowest BCUT2D eigenvalue weighted by molar-refractivity contribution is 0.0986. The van der Waals surface area contributed by atoms with Gasteiger partial charge < -0.3 is 9.30 Å². The van der Waals surface area contributed by atoms with Gasteiger partial charge in [-0.3, -0.25) is 9.69 Å². The molecule has 0 radical (unpaired) electrons. The second-order valence-electron chi connectivity index (χ2n) is 6.57. The molecule has 0 aliphatic heterocycles. The number of amides is 1. The van der Waals surface area contributed by atoms with Gasteiger partial charge >= 0.3 is 0 Å². The maximum absolute atomic E-state index is 13.5. The van der Waals surface area contributed by atoms with Crippen molar-refractivity contribution >= 4 is 56.6 Å². The Kier molecular flexibility index (Phi) is 7.48. The van der Waals surface area contributed by atoms with E-state index in [1.54, 1.807) is 24.5 Å². The quantitative estimate of drug-likeness (QED) is 0.352. The van der Waals surface area contributed by atoms with E-state index in [1.807, 2.05) is 29.0 Å². The van der Waals surface area contributed by atoms with Crippen LogP contribution >= 0.6 is 35.3 Å². The van der Waals surface area contributed by atoms with E-state index >= 15 is 0 Å². The average Bonchev–Trinajstić information content (AvgIpc) is 3.39. The molecule has 162 valence electrons. The van der Waals surface area contributed by atoms with E-state index in [2.05, 4.69) is 9.97 Å². The van der Waals surface area contributed by atoms with Crippen LogP contribution in [0.5, 0.6) is 5.75 Å². The Bertz CT molecular complexity index is 1180. The Morgan fingerprint density at radius 2 is 2.13 bits per heavy atom. The van der Waals surface area contributed by atoms with E-state index in [1.165, 1.54) is 23.5 Å². The number of benzene rings is 2. The molecule has 1 amide bonds. The van der Waals surface area contributed by atoms with Gasteiger partial charge in [-0.05, 0) is 42.8 Å². The third kappa shape index (κ3) is 5.15. The van der Waals surface area contributed by atoms with Crippen LogP contribution in [0.15, 0.2) is 55.1 Å². The number of nitrogens with zero attached hydrogens (tertiary/aromatic N) is 4. The molecule has 2 aromatic heterocycles. The molecule has 0 N–H and O–H groups in total. The van der Waals surface area contributed by atoms with Crippen LogP contribution < -0.4 is 9.64 Å². The largest absolute Gasteiger partial charge is 0.497 e. The average molecular weight is 481 g/mol. The van der Waals surface area contributed by atoms with Crippen LogP contribution in [0.3, 0.4) is 0 Å². The Morgan fingerprint density at radius 1 is 1.29 bits per heavy atom. The molecule has 0 aliphatic carbocycles. The van der Waals surface area contributed by atoms with Crippen molar-refractivity contribution in [2.24, 2.45) is 0 Å². The summed E-state index contributed by atoms with van der Waals surface area (Å²) in [6.45, 7) is 1.11. The molecule has 0 bridgehead atoms. The van der Waals surface area contributed by atoms with E-state index < -0.39 is 5.82 Å². The normalized spacial score (nSPS) is 10.7. The zero-order chi connectivity index (χ0) is 21.1. The number of imidazole rings is 1. The molecule has 0 spiro atoms. The molecule has 6 nitrogen and oxygen atoms in total. The Labute approximate surface area is 193 Å². The standard InChI is InChI=1S/C21H18ClFN4O2S.ClH/c1-29-15-4-6-18-19(12-15)30-21(25-18)27(9-2-8-26-10-7-24-13-26)20(28)16-5-3-14(23)11-17(16)22;/h3-7,10-13H,2,8-9H2,1H3;1H. The highest BCUT2D eigenvalue weighted by Gasteiger charge is 2.23. The number of thiazole rings is 1. The minimum atomic E-state index is -0.490. The fraction of sp³-hybridized carbons (Fsp3) is 0.190. The predicted molar refractivity (Wildman–Crippen MR) is 123 cm³/mol. The summed E-state index contributed by atoms with van der Waals surface area (Å²) < 4.78 is 21.6. The fourth-order valence-corrected chi connectivity index (χ4v) is 4.32. The highest BCUT2D eigenvalue weighted by Crippen LogP contribution is 2.33. The maximum atomic E-state index is 13.5. The predicted octanol–water partition coefficient (Wildman–Crippen LogP) is 5.45. The summed E-state index contributed by atoms with van der Waals surface area (Å²) in [5.41, 5.74) is 1.01. The van der Waals surface area contributed by atoms with Gasteiger partial charge in [0.2, 0.25) is 0 Å². The molecule has 0 fully saturated rings. The number of halogens is 3. The zero-order valence-electron chi connectivity index (χ0n) is 16.5. The van der Waals surface area contributed by atoms with Gasteiger partial charge in [-0.1, -0.05) is 22.9 Å². The van der Waals surface area contributed by atoms with E-state index in [-0.39, 0.29) is 28.9 Å². The molecule has 0 saturated carbocycles. The summed E-state index contributed by atoms with van der Waals surface area (Å²) in [4.78, 5) is 23.6. The lowest BCUT2D eigenvalue weighted by Crippen LogP contribution is -2.32. The van der Waals surface area contributed by atoms with Crippen molar-refractivity contribution in [1.82, 2.24) is 14.5 Å². The molecule has 31 heavy (non-hydrogen) atoms. The molecule has 2 heterocycles. The first-order valence-electron chi connectivity index (χ1n) is 9.22. The van der Waals surface area contributed by atoms with Gasteiger partial charge in [-0.25, -0.2) is 14.4 Å². The number of carbonyl (C=O) groups excluding carboxylic acids is 1. The van der Waals surface area contributed by atoms with Crippen LogP contribution in [0.1, 0.15) is 16.8 Å². The lowest BCUT2D eigenvalue weighted by Gasteiger charge is -2.20. The van der Waals surface area contributed by atoms with Crippen molar-refractivity contribution in [3.8, 4) is 5.75 Å². The molecule has 10 heteroatoms. The van der Waals surface area contributed by atoms with Gasteiger partial charge in [0.25, 0.3) is 5.91 Å². The molecule has 2 aromatic carbocycles. The number of ether oxygens (including phenoxy) is 1. The van der Waals surface area contributed by atoms with E-state index in [9.17, 15) is 9.18 Å². The minimum absolute atomic E-state index is 0. The van der Waals surface area contributed by atoms with Crippen molar-refractivity contribution in [2.45, 2.75) is 13.0 Å². The topological polar surface area (TPSA) is 60.2 Å². The first-order valence-corrected chi connectivity index (χ1v) is 10.4. The summed E-state index contributed by atoms with van der Waals surface area (Å²) in [5.74, 6) is -0.0933. The summed E-state index contributed by atoms with van der Waals surface area (Å²) in [5, 5.41) is 0.622. The van der Waals surface area contributed by atoms with Crippen LogP contribution in [0, 0.1) is 5.82 Å². The summed E-state index contributed by atoms with van der Waals surface area (Å²) in [6.07, 6.45) is 5.99. The lowest BCUT2D eigenvalue weighted by atomic mass is 10.2.